The van der Waals surface area contributed by atoms with Crippen molar-refractivity contribution in [1.82, 2.24) is 0 Å². The Morgan fingerprint density at radius 3 is 1.64 bits per heavy atom. The molecule has 0 radical (unpaired) electrons. The van der Waals surface area contributed by atoms with E-state index in [0.717, 1.165) is 18.4 Å². The Bertz CT molecular complexity index is 199. The summed E-state index contributed by atoms with van der Waals surface area (Å²) in [6.45, 7) is 8.51. The maximum absolute atomic E-state index is 10.7. The molecule has 0 heterocycles. The van der Waals surface area contributed by atoms with E-state index in [2.05, 4.69) is 33.6 Å². The van der Waals surface area contributed by atoms with Crippen LogP contribution in [0.5, 0.6) is 0 Å². The fourth-order valence-electron chi connectivity index (χ4n) is 2.07. The average Bonchev–Trinajstić information content (AvgIpc) is 2.03. The fourth-order valence-corrected chi connectivity index (χ4v) is 2.07. The van der Waals surface area contributed by atoms with E-state index in [1.807, 2.05) is 0 Å². The van der Waals surface area contributed by atoms with Crippen LogP contribution in [0.3, 0.4) is 0 Å². The molecule has 0 spiro atoms. The Morgan fingerprint density at radius 2 is 1.45 bits per heavy atom. The minimum absolute atomic E-state index is 0.0885. The van der Waals surface area contributed by atoms with Crippen molar-refractivity contribution in [1.29, 1.82) is 0 Å². The lowest BCUT2D eigenvalue weighted by atomic mass is 9.79. The molecule has 0 atom stereocenters. The van der Waals surface area contributed by atoms with Gasteiger partial charge in [-0.25, -0.2) is 4.79 Å². The first kappa shape index (κ1) is 8.55. The molecule has 62 valence electrons. The summed E-state index contributed by atoms with van der Waals surface area (Å²) in [6.07, 6.45) is 2.23. The molecule has 0 aromatic rings. The van der Waals surface area contributed by atoms with Crippen LogP contribution in [0.15, 0.2) is 5.57 Å². The number of hydrogen-bond donors (Lipinski definition) is 0. The van der Waals surface area contributed by atoms with Crippen molar-refractivity contribution in [3.8, 4) is 0 Å². The normalized spacial score (nSPS) is 26.7. The maximum atomic E-state index is 10.7. The van der Waals surface area contributed by atoms with Gasteiger partial charge in [-0.1, -0.05) is 27.7 Å². The predicted octanol–water partition coefficient (Wildman–Crippen LogP) is 2.59. The lowest BCUT2D eigenvalue weighted by Gasteiger charge is -2.23. The molecule has 11 heavy (non-hydrogen) atoms. The first-order valence-corrected chi connectivity index (χ1v) is 4.16. The van der Waals surface area contributed by atoms with E-state index < -0.39 is 0 Å². The van der Waals surface area contributed by atoms with E-state index >= 15 is 0 Å². The van der Waals surface area contributed by atoms with E-state index in [0.29, 0.717) is 0 Å². The van der Waals surface area contributed by atoms with Gasteiger partial charge >= 0.3 is 0 Å². The summed E-state index contributed by atoms with van der Waals surface area (Å²) in [7, 11) is 0. The second kappa shape index (κ2) is 2.22. The van der Waals surface area contributed by atoms with Crippen molar-refractivity contribution < 1.29 is 4.79 Å². The summed E-state index contributed by atoms with van der Waals surface area (Å²) in [5, 5.41) is 0. The Kier molecular flexibility index (Phi) is 1.72. The molecule has 0 amide bonds. The molecule has 1 rings (SSSR count). The number of carbonyl (C=O) groups excluding carboxylic acids is 1. The molecule has 1 saturated carbocycles. The summed E-state index contributed by atoms with van der Waals surface area (Å²) < 4.78 is 0. The van der Waals surface area contributed by atoms with Crippen molar-refractivity contribution in [2.45, 2.75) is 40.5 Å². The van der Waals surface area contributed by atoms with Gasteiger partial charge in [0.25, 0.3) is 0 Å². The molecule has 0 aromatic heterocycles. The molecule has 1 fully saturated rings. The highest BCUT2D eigenvalue weighted by atomic mass is 16.1. The smallest absolute Gasteiger partial charge is 0.124 e. The Hall–Kier alpha value is -0.550. The van der Waals surface area contributed by atoms with Crippen molar-refractivity contribution in [2.24, 2.45) is 10.8 Å². The second-order valence-corrected chi connectivity index (χ2v) is 4.74. The minimum Gasteiger partial charge on any atom is -0.234 e. The summed E-state index contributed by atoms with van der Waals surface area (Å²) in [4.78, 5) is 10.7. The van der Waals surface area contributed by atoms with Gasteiger partial charge in [0.1, 0.15) is 5.94 Å². The fraction of sp³-hybridized carbons (Fsp3) is 0.800. The molecular formula is C10H16O. The number of rotatable bonds is 0. The third-order valence-electron chi connectivity index (χ3n) is 2.83. The van der Waals surface area contributed by atoms with Gasteiger partial charge in [-0.15, -0.1) is 0 Å². The van der Waals surface area contributed by atoms with E-state index in [4.69, 9.17) is 0 Å². The molecule has 0 bridgehead atoms. The Morgan fingerprint density at radius 1 is 1.09 bits per heavy atom. The molecule has 0 unspecified atom stereocenters. The summed E-state index contributed by atoms with van der Waals surface area (Å²) in [5.41, 5.74) is 1.14. The van der Waals surface area contributed by atoms with E-state index in [1.54, 1.807) is 0 Å². The van der Waals surface area contributed by atoms with Crippen LogP contribution >= 0.6 is 0 Å². The SMILES string of the molecule is CC1(C)CCC(C)(C)C1=C=O. The summed E-state index contributed by atoms with van der Waals surface area (Å²) in [6, 6.07) is 0. The Labute approximate surface area is 68.5 Å². The zero-order valence-corrected chi connectivity index (χ0v) is 7.82. The molecule has 0 aliphatic heterocycles. The van der Waals surface area contributed by atoms with Gasteiger partial charge in [0, 0.05) is 5.57 Å². The molecular weight excluding hydrogens is 136 g/mol. The van der Waals surface area contributed by atoms with E-state index in [9.17, 15) is 4.79 Å². The van der Waals surface area contributed by atoms with Crippen LogP contribution in [0.4, 0.5) is 0 Å². The maximum Gasteiger partial charge on any atom is 0.124 e. The molecule has 1 heteroatoms. The van der Waals surface area contributed by atoms with Gasteiger partial charge in [0.2, 0.25) is 0 Å². The van der Waals surface area contributed by atoms with Gasteiger partial charge in [-0.3, -0.25) is 0 Å². The van der Waals surface area contributed by atoms with Crippen molar-refractivity contribution >= 4 is 5.94 Å². The van der Waals surface area contributed by atoms with Crippen LogP contribution in [-0.2, 0) is 4.79 Å². The topological polar surface area (TPSA) is 17.1 Å². The van der Waals surface area contributed by atoms with Crippen LogP contribution in [-0.4, -0.2) is 5.94 Å². The van der Waals surface area contributed by atoms with Crippen LogP contribution in [0, 0.1) is 10.8 Å². The highest BCUT2D eigenvalue weighted by molar-refractivity contribution is 5.58. The quantitative estimate of drug-likeness (QED) is 0.487. The van der Waals surface area contributed by atoms with Crippen LogP contribution in [0.1, 0.15) is 40.5 Å². The molecule has 1 aliphatic carbocycles. The van der Waals surface area contributed by atoms with Gasteiger partial charge in [0.15, 0.2) is 0 Å². The van der Waals surface area contributed by atoms with Crippen LogP contribution in [0.2, 0.25) is 0 Å². The van der Waals surface area contributed by atoms with Crippen molar-refractivity contribution in [3.05, 3.63) is 5.57 Å². The third-order valence-corrected chi connectivity index (χ3v) is 2.83. The Balaban J connectivity index is 3.09. The van der Waals surface area contributed by atoms with Gasteiger partial charge in [0.05, 0.1) is 0 Å². The van der Waals surface area contributed by atoms with Gasteiger partial charge in [-0.2, -0.15) is 0 Å². The summed E-state index contributed by atoms with van der Waals surface area (Å²) >= 11 is 0. The molecule has 0 aromatic carbocycles. The van der Waals surface area contributed by atoms with Crippen LogP contribution < -0.4 is 0 Å². The van der Waals surface area contributed by atoms with E-state index in [1.165, 1.54) is 0 Å². The van der Waals surface area contributed by atoms with E-state index in [-0.39, 0.29) is 10.8 Å². The molecule has 0 saturated heterocycles. The standard InChI is InChI=1S/C10H16O/c1-9(2)5-6-10(3,4)8(9)7-11/h5-6H2,1-4H3. The first-order valence-electron chi connectivity index (χ1n) is 4.16. The first-order chi connectivity index (χ1) is 4.90. The van der Waals surface area contributed by atoms with Gasteiger partial charge < -0.3 is 0 Å². The highest BCUT2D eigenvalue weighted by Crippen LogP contribution is 2.51. The van der Waals surface area contributed by atoms with Crippen molar-refractivity contribution in [2.75, 3.05) is 0 Å². The minimum atomic E-state index is 0.0885. The molecule has 1 aliphatic rings. The number of allylic oxidation sites excluding steroid dienone is 1. The monoisotopic (exact) mass is 152 g/mol. The average molecular weight is 152 g/mol. The molecule has 0 N–H and O–H groups in total. The lowest BCUT2D eigenvalue weighted by molar-refractivity contribution is 0.443. The van der Waals surface area contributed by atoms with Gasteiger partial charge in [-0.05, 0) is 23.7 Å². The number of hydrogen-bond acceptors (Lipinski definition) is 1. The molecule has 1 nitrogen and oxygen atoms in total. The lowest BCUT2D eigenvalue weighted by Crippen LogP contribution is -2.16. The highest BCUT2D eigenvalue weighted by Gasteiger charge is 2.42. The zero-order valence-electron chi connectivity index (χ0n) is 7.82. The largest absolute Gasteiger partial charge is 0.234 e. The summed E-state index contributed by atoms with van der Waals surface area (Å²) in [5.74, 6) is 2.11. The second-order valence-electron chi connectivity index (χ2n) is 4.74. The van der Waals surface area contributed by atoms with Crippen LogP contribution in [0.25, 0.3) is 0 Å². The predicted molar refractivity (Wildman–Crippen MR) is 46.0 cm³/mol. The third kappa shape index (κ3) is 1.25. The van der Waals surface area contributed by atoms with Crippen molar-refractivity contribution in [3.63, 3.8) is 0 Å². The zero-order chi connectivity index (χ0) is 8.70.